The van der Waals surface area contributed by atoms with Gasteiger partial charge in [0.05, 0.1) is 20.3 Å². The monoisotopic (exact) mass is 232 g/mol. The summed E-state index contributed by atoms with van der Waals surface area (Å²) in [4.78, 5) is 12.0. The van der Waals surface area contributed by atoms with Gasteiger partial charge in [-0.1, -0.05) is 0 Å². The number of methoxy groups -OCH3 is 2. The smallest absolute Gasteiger partial charge is 0.330 e. The van der Waals surface area contributed by atoms with Gasteiger partial charge in [-0.25, -0.2) is 4.98 Å². The average molecular weight is 232 g/mol. The third kappa shape index (κ3) is 2.81. The van der Waals surface area contributed by atoms with E-state index in [0.29, 0.717) is 17.6 Å². The molecule has 0 aliphatic rings. The van der Waals surface area contributed by atoms with Crippen LogP contribution in [0.3, 0.4) is 0 Å². The molecule has 17 heavy (non-hydrogen) atoms. The molecule has 2 rings (SSSR count). The van der Waals surface area contributed by atoms with Crippen LogP contribution in [-0.2, 0) is 0 Å². The van der Waals surface area contributed by atoms with Crippen molar-refractivity contribution in [2.75, 3.05) is 14.2 Å². The molecule has 0 saturated carbocycles. The summed E-state index contributed by atoms with van der Waals surface area (Å²) >= 11 is 0. The number of aromatic nitrogens is 3. The zero-order chi connectivity index (χ0) is 12.1. The van der Waals surface area contributed by atoms with Crippen molar-refractivity contribution >= 4 is 0 Å². The van der Waals surface area contributed by atoms with Crippen LogP contribution in [0.5, 0.6) is 23.7 Å². The topological polar surface area (TPSA) is 66.4 Å². The molecule has 0 N–H and O–H groups in total. The maximum atomic E-state index is 5.35. The van der Waals surface area contributed by atoms with Crippen LogP contribution in [-0.4, -0.2) is 29.2 Å². The first kappa shape index (κ1) is 11.1. The van der Waals surface area contributed by atoms with Gasteiger partial charge in [-0.3, -0.25) is 0 Å². The molecule has 2 aromatic rings. The molecule has 0 bridgehead atoms. The van der Waals surface area contributed by atoms with E-state index in [9.17, 15) is 0 Å². The van der Waals surface area contributed by atoms with Gasteiger partial charge in [0.2, 0.25) is 17.6 Å². The molecule has 6 heteroatoms. The number of hydrogen-bond donors (Lipinski definition) is 0. The van der Waals surface area contributed by atoms with E-state index in [0.717, 1.165) is 0 Å². The van der Waals surface area contributed by atoms with E-state index in [2.05, 4.69) is 21.0 Å². The van der Waals surface area contributed by atoms with Crippen LogP contribution < -0.4 is 14.2 Å². The van der Waals surface area contributed by atoms with Crippen molar-refractivity contribution in [3.8, 4) is 23.7 Å². The molecule has 6 nitrogen and oxygen atoms in total. The van der Waals surface area contributed by atoms with Crippen molar-refractivity contribution < 1.29 is 14.2 Å². The van der Waals surface area contributed by atoms with Crippen molar-refractivity contribution in [3.63, 3.8) is 0 Å². The first-order valence-corrected chi connectivity index (χ1v) is 4.79. The maximum absolute atomic E-state index is 5.35. The standard InChI is InChI=1S/C11H10N3O3/c1-15-9-7-10(16-2)14-11(13-9)17-8-5-3-4-6-12-8/h3,5-7H,1-2H3. The zero-order valence-electron chi connectivity index (χ0n) is 9.38. The lowest BCUT2D eigenvalue weighted by Gasteiger charge is -2.06. The fourth-order valence-electron chi connectivity index (χ4n) is 1.10. The maximum Gasteiger partial charge on any atom is 0.330 e. The minimum Gasteiger partial charge on any atom is -0.481 e. The molecule has 0 fully saturated rings. The Balaban J connectivity index is 2.26. The van der Waals surface area contributed by atoms with Crippen LogP contribution in [0.25, 0.3) is 0 Å². The van der Waals surface area contributed by atoms with Crippen molar-refractivity contribution in [3.05, 3.63) is 30.5 Å². The fraction of sp³-hybridized carbons (Fsp3) is 0.182. The van der Waals surface area contributed by atoms with Gasteiger partial charge in [-0.05, 0) is 6.07 Å². The Morgan fingerprint density at radius 1 is 1.06 bits per heavy atom. The molecule has 0 atom stereocenters. The third-order valence-corrected chi connectivity index (χ3v) is 1.86. The number of rotatable bonds is 4. The third-order valence-electron chi connectivity index (χ3n) is 1.86. The number of nitrogens with zero attached hydrogens (tertiary/aromatic N) is 3. The van der Waals surface area contributed by atoms with Crippen LogP contribution in [0.15, 0.2) is 24.4 Å². The SMILES string of the molecule is COc1cc(OC)nc(Oc2cc[c]cn2)n1. The van der Waals surface area contributed by atoms with E-state index in [1.807, 2.05) is 0 Å². The van der Waals surface area contributed by atoms with E-state index in [1.165, 1.54) is 20.4 Å². The molecule has 2 heterocycles. The Hall–Kier alpha value is -2.37. The molecule has 1 radical (unpaired) electrons. The highest BCUT2D eigenvalue weighted by atomic mass is 16.5. The van der Waals surface area contributed by atoms with Gasteiger partial charge in [-0.2, -0.15) is 9.97 Å². The molecule has 0 aliphatic carbocycles. The fourth-order valence-corrected chi connectivity index (χ4v) is 1.10. The predicted octanol–water partition coefficient (Wildman–Crippen LogP) is 1.48. The van der Waals surface area contributed by atoms with E-state index in [1.54, 1.807) is 18.2 Å². The second kappa shape index (κ2) is 5.11. The highest BCUT2D eigenvalue weighted by Crippen LogP contribution is 2.21. The van der Waals surface area contributed by atoms with Gasteiger partial charge in [-0.15, -0.1) is 0 Å². The molecule has 0 amide bonds. The summed E-state index contributed by atoms with van der Waals surface area (Å²) in [6.07, 6.45) is 1.49. The molecular formula is C11H10N3O3. The highest BCUT2D eigenvalue weighted by molar-refractivity contribution is 5.24. The quantitative estimate of drug-likeness (QED) is 0.795. The second-order valence-corrected chi connectivity index (χ2v) is 2.93. The molecule has 0 spiro atoms. The Morgan fingerprint density at radius 2 is 1.76 bits per heavy atom. The molecule has 87 valence electrons. The second-order valence-electron chi connectivity index (χ2n) is 2.93. The van der Waals surface area contributed by atoms with Gasteiger partial charge in [0.1, 0.15) is 0 Å². The summed E-state index contributed by atoms with van der Waals surface area (Å²) in [5.41, 5.74) is 0. The molecular weight excluding hydrogens is 222 g/mol. The van der Waals surface area contributed by atoms with E-state index < -0.39 is 0 Å². The zero-order valence-corrected chi connectivity index (χ0v) is 9.38. The van der Waals surface area contributed by atoms with E-state index >= 15 is 0 Å². The number of pyridine rings is 1. The number of hydrogen-bond acceptors (Lipinski definition) is 6. The van der Waals surface area contributed by atoms with Crippen molar-refractivity contribution in [2.24, 2.45) is 0 Å². The Labute approximate surface area is 98.2 Å². The molecule has 0 saturated heterocycles. The summed E-state index contributed by atoms with van der Waals surface area (Å²) in [5.74, 6) is 1.09. The molecule has 0 aliphatic heterocycles. The largest absolute Gasteiger partial charge is 0.481 e. The lowest BCUT2D eigenvalue weighted by molar-refractivity contribution is 0.345. The Bertz CT molecular complexity index is 468. The number of ether oxygens (including phenoxy) is 3. The Morgan fingerprint density at radius 3 is 2.29 bits per heavy atom. The van der Waals surface area contributed by atoms with Crippen LogP contribution in [0, 0.1) is 6.07 Å². The van der Waals surface area contributed by atoms with Crippen LogP contribution in [0.4, 0.5) is 0 Å². The minimum absolute atomic E-state index is 0.111. The van der Waals surface area contributed by atoms with Gasteiger partial charge >= 0.3 is 6.01 Å². The first-order valence-electron chi connectivity index (χ1n) is 4.79. The molecule has 0 aromatic carbocycles. The van der Waals surface area contributed by atoms with E-state index in [-0.39, 0.29) is 6.01 Å². The van der Waals surface area contributed by atoms with Crippen LogP contribution >= 0.6 is 0 Å². The van der Waals surface area contributed by atoms with E-state index in [4.69, 9.17) is 14.2 Å². The predicted molar refractivity (Wildman–Crippen MR) is 58.3 cm³/mol. The van der Waals surface area contributed by atoms with Crippen LogP contribution in [0.1, 0.15) is 0 Å². The highest BCUT2D eigenvalue weighted by Gasteiger charge is 2.07. The van der Waals surface area contributed by atoms with Crippen molar-refractivity contribution in [1.82, 2.24) is 15.0 Å². The average Bonchev–Trinajstić information content (AvgIpc) is 2.39. The lowest BCUT2D eigenvalue weighted by Crippen LogP contribution is -1.98. The summed E-state index contributed by atoms with van der Waals surface area (Å²) in [6, 6.07) is 7.78. The van der Waals surface area contributed by atoms with Crippen LogP contribution in [0.2, 0.25) is 0 Å². The van der Waals surface area contributed by atoms with Gasteiger partial charge in [0, 0.05) is 18.3 Å². The summed E-state index contributed by atoms with van der Waals surface area (Å²) in [6.45, 7) is 0. The Kier molecular flexibility index (Phi) is 3.34. The normalized spacial score (nSPS) is 9.76. The van der Waals surface area contributed by atoms with Gasteiger partial charge < -0.3 is 14.2 Å². The van der Waals surface area contributed by atoms with Crippen molar-refractivity contribution in [2.45, 2.75) is 0 Å². The molecule has 0 unspecified atom stereocenters. The van der Waals surface area contributed by atoms with Gasteiger partial charge in [0.25, 0.3) is 0 Å². The summed E-state index contributed by atoms with van der Waals surface area (Å²) in [5, 5.41) is 0. The lowest BCUT2D eigenvalue weighted by atomic mass is 10.5. The first-order chi connectivity index (χ1) is 8.31. The van der Waals surface area contributed by atoms with Gasteiger partial charge in [0.15, 0.2) is 0 Å². The van der Waals surface area contributed by atoms with Crippen molar-refractivity contribution in [1.29, 1.82) is 0 Å². The summed E-state index contributed by atoms with van der Waals surface area (Å²) < 4.78 is 15.3. The molecule has 2 aromatic heterocycles. The summed E-state index contributed by atoms with van der Waals surface area (Å²) in [7, 11) is 3.00. The minimum atomic E-state index is 0.111.